The summed E-state index contributed by atoms with van der Waals surface area (Å²) in [6.07, 6.45) is 3.43. The third kappa shape index (κ3) is 4.64. The van der Waals surface area contributed by atoms with E-state index in [1.54, 1.807) is 13.2 Å². The number of hydrogen-bond acceptors (Lipinski definition) is 4. The monoisotopic (exact) mass is 415 g/mol. The van der Waals surface area contributed by atoms with Crippen molar-refractivity contribution in [2.24, 2.45) is 11.8 Å². The lowest BCUT2D eigenvalue weighted by atomic mass is 9.94. The Balaban J connectivity index is 1.74. The van der Waals surface area contributed by atoms with E-state index in [1.807, 2.05) is 23.1 Å². The number of hydrogen-bond donors (Lipinski definition) is 1. The highest BCUT2D eigenvalue weighted by molar-refractivity contribution is 5.94. The van der Waals surface area contributed by atoms with Crippen molar-refractivity contribution in [3.63, 3.8) is 0 Å². The van der Waals surface area contributed by atoms with Crippen LogP contribution in [-0.2, 0) is 4.79 Å². The highest BCUT2D eigenvalue weighted by Crippen LogP contribution is 2.35. The van der Waals surface area contributed by atoms with Crippen LogP contribution in [0, 0.1) is 11.8 Å². The molecule has 6 nitrogen and oxygen atoms in total. The van der Waals surface area contributed by atoms with E-state index in [1.165, 1.54) is 0 Å². The second kappa shape index (κ2) is 9.38. The van der Waals surface area contributed by atoms with Gasteiger partial charge in [0.05, 0.1) is 18.8 Å². The van der Waals surface area contributed by atoms with Crippen LogP contribution in [0.1, 0.15) is 63.7 Å². The Morgan fingerprint density at radius 2 is 1.97 bits per heavy atom. The normalized spacial score (nSPS) is 22.1. The number of carbonyl (C=O) groups excluding carboxylic acids is 2. The second-order valence-electron chi connectivity index (χ2n) is 9.34. The van der Waals surface area contributed by atoms with Gasteiger partial charge in [-0.25, -0.2) is 0 Å². The third-order valence-corrected chi connectivity index (χ3v) is 6.62. The molecule has 0 unspecified atom stereocenters. The molecule has 3 rings (SSSR count). The number of piperidine rings is 1. The lowest BCUT2D eigenvalue weighted by Crippen LogP contribution is -2.60. The minimum absolute atomic E-state index is 0.0280. The molecule has 6 heteroatoms. The van der Waals surface area contributed by atoms with Gasteiger partial charge >= 0.3 is 0 Å². The van der Waals surface area contributed by atoms with Crippen LogP contribution >= 0.6 is 0 Å². The van der Waals surface area contributed by atoms with Gasteiger partial charge in [0, 0.05) is 38.0 Å². The first-order valence-corrected chi connectivity index (χ1v) is 11.3. The molecule has 166 valence electrons. The van der Waals surface area contributed by atoms with Gasteiger partial charge in [-0.2, -0.15) is 0 Å². The number of amides is 2. The number of carbonyl (C=O) groups is 2. The van der Waals surface area contributed by atoms with Gasteiger partial charge in [-0.05, 0) is 36.5 Å². The number of likely N-dealkylation sites (tertiary alicyclic amines) is 1. The summed E-state index contributed by atoms with van der Waals surface area (Å²) in [6, 6.07) is 7.20. The maximum absolute atomic E-state index is 13.2. The van der Waals surface area contributed by atoms with Gasteiger partial charge in [0.15, 0.2) is 0 Å². The van der Waals surface area contributed by atoms with Crippen LogP contribution in [-0.4, -0.2) is 60.1 Å². The standard InChI is InChI=1S/C24H37N3O3/c1-6-18(4)16-27-23(29)21(14-17(2)3)25-24(27)10-12-26(13-11-24)22(28)19-8-7-9-20(15-19)30-5/h7-9,15,17-18,21,25H,6,10-14,16H2,1-5H3/t18-,21+/m0/s1. The molecule has 0 bridgehead atoms. The lowest BCUT2D eigenvalue weighted by Gasteiger charge is -2.45. The molecule has 1 spiro atoms. The van der Waals surface area contributed by atoms with Crippen LogP contribution in [0.5, 0.6) is 5.75 Å². The molecule has 1 aromatic rings. The first kappa shape index (κ1) is 22.6. The fourth-order valence-electron chi connectivity index (χ4n) is 4.63. The van der Waals surface area contributed by atoms with E-state index in [-0.39, 0.29) is 23.5 Å². The van der Waals surface area contributed by atoms with E-state index in [0.29, 0.717) is 36.2 Å². The highest BCUT2D eigenvalue weighted by Gasteiger charge is 2.51. The van der Waals surface area contributed by atoms with Crippen LogP contribution < -0.4 is 10.1 Å². The van der Waals surface area contributed by atoms with Gasteiger partial charge in [0.1, 0.15) is 5.75 Å². The van der Waals surface area contributed by atoms with Gasteiger partial charge in [0.25, 0.3) is 5.91 Å². The van der Waals surface area contributed by atoms with Crippen molar-refractivity contribution in [3.8, 4) is 5.75 Å². The fraction of sp³-hybridized carbons (Fsp3) is 0.667. The average molecular weight is 416 g/mol. The summed E-state index contributed by atoms with van der Waals surface area (Å²) in [5.41, 5.74) is 0.320. The Morgan fingerprint density at radius 1 is 1.27 bits per heavy atom. The van der Waals surface area contributed by atoms with Crippen molar-refractivity contribution >= 4 is 11.8 Å². The fourth-order valence-corrected chi connectivity index (χ4v) is 4.63. The first-order chi connectivity index (χ1) is 14.3. The quantitative estimate of drug-likeness (QED) is 0.740. The maximum Gasteiger partial charge on any atom is 0.253 e. The Bertz CT molecular complexity index is 756. The van der Waals surface area contributed by atoms with E-state index in [0.717, 1.165) is 32.2 Å². The van der Waals surface area contributed by atoms with Gasteiger partial charge in [0.2, 0.25) is 5.91 Å². The summed E-state index contributed by atoms with van der Waals surface area (Å²) in [6.45, 7) is 10.8. The van der Waals surface area contributed by atoms with Gasteiger partial charge in [-0.15, -0.1) is 0 Å². The zero-order valence-corrected chi connectivity index (χ0v) is 19.1. The summed E-state index contributed by atoms with van der Waals surface area (Å²) >= 11 is 0. The Kier molecular flexibility index (Phi) is 7.06. The van der Waals surface area contributed by atoms with Crippen molar-refractivity contribution in [1.29, 1.82) is 0 Å². The lowest BCUT2D eigenvalue weighted by molar-refractivity contribution is -0.134. The summed E-state index contributed by atoms with van der Waals surface area (Å²) in [7, 11) is 1.61. The van der Waals surface area contributed by atoms with Crippen molar-refractivity contribution in [2.45, 2.75) is 65.1 Å². The van der Waals surface area contributed by atoms with Crippen molar-refractivity contribution < 1.29 is 14.3 Å². The van der Waals surface area contributed by atoms with Crippen molar-refractivity contribution in [3.05, 3.63) is 29.8 Å². The third-order valence-electron chi connectivity index (χ3n) is 6.62. The molecule has 2 amide bonds. The molecule has 0 radical (unpaired) electrons. The summed E-state index contributed by atoms with van der Waals surface area (Å²) in [5, 5.41) is 3.70. The van der Waals surface area contributed by atoms with E-state index in [9.17, 15) is 9.59 Å². The van der Waals surface area contributed by atoms with Crippen molar-refractivity contribution in [2.75, 3.05) is 26.7 Å². The highest BCUT2D eigenvalue weighted by atomic mass is 16.5. The summed E-state index contributed by atoms with van der Waals surface area (Å²) in [4.78, 5) is 30.3. The zero-order valence-electron chi connectivity index (χ0n) is 19.1. The first-order valence-electron chi connectivity index (χ1n) is 11.3. The summed E-state index contributed by atoms with van der Waals surface area (Å²) < 4.78 is 5.26. The largest absolute Gasteiger partial charge is 0.497 e. The molecule has 0 aliphatic carbocycles. The van der Waals surface area contributed by atoms with Crippen molar-refractivity contribution in [1.82, 2.24) is 15.1 Å². The van der Waals surface area contributed by atoms with Gasteiger partial charge < -0.3 is 14.5 Å². The Hall–Kier alpha value is -2.08. The Morgan fingerprint density at radius 3 is 2.57 bits per heavy atom. The molecule has 2 heterocycles. The molecular weight excluding hydrogens is 378 g/mol. The summed E-state index contributed by atoms with van der Waals surface area (Å²) in [5.74, 6) is 1.87. The molecule has 2 aliphatic heterocycles. The molecule has 1 aromatic carbocycles. The van der Waals surface area contributed by atoms with E-state index in [2.05, 4.69) is 37.9 Å². The van der Waals surface area contributed by atoms with Crippen LogP contribution in [0.3, 0.4) is 0 Å². The number of nitrogens with zero attached hydrogens (tertiary/aromatic N) is 2. The van der Waals surface area contributed by atoms with Crippen LogP contribution in [0.2, 0.25) is 0 Å². The molecular formula is C24H37N3O3. The number of nitrogens with one attached hydrogen (secondary N) is 1. The number of benzene rings is 1. The zero-order chi connectivity index (χ0) is 21.9. The van der Waals surface area contributed by atoms with Crippen LogP contribution in [0.25, 0.3) is 0 Å². The molecule has 2 fully saturated rings. The van der Waals surface area contributed by atoms with E-state index < -0.39 is 0 Å². The number of methoxy groups -OCH3 is 1. The van der Waals surface area contributed by atoms with E-state index >= 15 is 0 Å². The Labute approximate surface area is 180 Å². The minimum Gasteiger partial charge on any atom is -0.497 e. The van der Waals surface area contributed by atoms with Gasteiger partial charge in [-0.1, -0.05) is 40.2 Å². The van der Waals surface area contributed by atoms with Crippen LogP contribution in [0.15, 0.2) is 24.3 Å². The topological polar surface area (TPSA) is 61.9 Å². The molecule has 0 saturated carbocycles. The minimum atomic E-state index is -0.328. The predicted molar refractivity (Wildman–Crippen MR) is 118 cm³/mol. The SMILES string of the molecule is CC[C@H](C)CN1C(=O)[C@@H](CC(C)C)NC12CCN(C(=O)c1cccc(OC)c1)CC2. The molecule has 2 aliphatic rings. The number of ether oxygens (including phenoxy) is 1. The molecule has 0 aromatic heterocycles. The van der Waals surface area contributed by atoms with E-state index in [4.69, 9.17) is 4.74 Å². The predicted octanol–water partition coefficient (Wildman–Crippen LogP) is 3.52. The second-order valence-corrected chi connectivity index (χ2v) is 9.34. The molecule has 1 N–H and O–H groups in total. The molecule has 30 heavy (non-hydrogen) atoms. The maximum atomic E-state index is 13.2. The average Bonchev–Trinajstić information content (AvgIpc) is 2.98. The van der Waals surface area contributed by atoms with Gasteiger partial charge in [-0.3, -0.25) is 14.9 Å². The smallest absolute Gasteiger partial charge is 0.253 e. The van der Waals surface area contributed by atoms with Crippen LogP contribution in [0.4, 0.5) is 0 Å². The molecule has 2 atom stereocenters. The molecule has 2 saturated heterocycles. The number of rotatable bonds is 7.